The maximum atomic E-state index is 8.52. The van der Waals surface area contributed by atoms with E-state index in [9.17, 15) is 0 Å². The Kier molecular flexibility index (Phi) is 164. The summed E-state index contributed by atoms with van der Waals surface area (Å²) in [5.74, 6) is 0. The molecule has 0 rings (SSSR count). The summed E-state index contributed by atoms with van der Waals surface area (Å²) < 4.78 is 68.2. The van der Waals surface area contributed by atoms with Crippen LogP contribution < -0.4 is 0 Å². The first-order valence-electron chi connectivity index (χ1n) is 1.33. The van der Waals surface area contributed by atoms with Crippen molar-refractivity contribution in [2.24, 2.45) is 0 Å². The van der Waals surface area contributed by atoms with Crippen LogP contribution in [0.4, 0.5) is 0 Å². The molecule has 0 aliphatic rings. The van der Waals surface area contributed by atoms with Crippen molar-refractivity contribution in [3.63, 3.8) is 0 Å². The van der Waals surface area contributed by atoms with E-state index in [2.05, 4.69) is 0 Å². The van der Waals surface area contributed by atoms with E-state index in [0.29, 0.717) is 0 Å². The summed E-state index contributed by atoms with van der Waals surface area (Å²) in [6, 6.07) is 0. The first-order valence-corrected chi connectivity index (χ1v) is 4.00. The van der Waals surface area contributed by atoms with Crippen LogP contribution in [0.2, 0.25) is 0 Å². The number of hydrogen-bond donors (Lipinski definition) is 0. The SMILES string of the molecule is O.O.O=S(=O)([O-])[O-].O=S(=O)([O-])[O-].[Cu+].[OH3+].[OH3+].[OH3+].[OH3+].[Tl+].[Tl]. The molecule has 14 nitrogen and oxygen atoms in total. The van der Waals surface area contributed by atoms with Gasteiger partial charge in [-0.15, -0.1) is 0 Å². The molecule has 0 heterocycles. The Morgan fingerprint density at radius 2 is 0.579 bits per heavy atom. The van der Waals surface area contributed by atoms with Crippen LogP contribution in [0, 0.1) is 0 Å². The first-order chi connectivity index (χ1) is 4.00. The van der Waals surface area contributed by atoms with Gasteiger partial charge >= 0.3 is 44.4 Å². The van der Waals surface area contributed by atoms with Crippen molar-refractivity contribution in [1.82, 2.24) is 0 Å². The largest absolute Gasteiger partial charge is 1.00 e. The second-order valence-electron chi connectivity index (χ2n) is 0.816. The van der Waals surface area contributed by atoms with E-state index >= 15 is 0 Å². The fourth-order valence-electron chi connectivity index (χ4n) is 0. The van der Waals surface area contributed by atoms with Gasteiger partial charge in [-0.05, 0) is 0 Å². The number of hydrogen-bond acceptors (Lipinski definition) is 8. The zero-order valence-corrected chi connectivity index (χ0v) is 20.4. The van der Waals surface area contributed by atoms with Crippen molar-refractivity contribution >= 4 is 75.4 Å². The van der Waals surface area contributed by atoms with Gasteiger partial charge in [0.2, 0.25) is 0 Å². The summed E-state index contributed by atoms with van der Waals surface area (Å²) in [4.78, 5) is 0. The zero-order chi connectivity index (χ0) is 9.00. The van der Waals surface area contributed by atoms with Crippen LogP contribution in [0.25, 0.3) is 0 Å². The second kappa shape index (κ2) is 36.8. The van der Waals surface area contributed by atoms with Gasteiger partial charge in [-0.1, -0.05) is 0 Å². The Morgan fingerprint density at radius 1 is 0.579 bits per heavy atom. The molecule has 0 spiro atoms. The van der Waals surface area contributed by atoms with Crippen molar-refractivity contribution in [2.75, 3.05) is 0 Å². The van der Waals surface area contributed by atoms with Gasteiger partial charge in [0.15, 0.2) is 0 Å². The number of rotatable bonds is 0. The van der Waals surface area contributed by atoms with Gasteiger partial charge in [0.1, 0.15) is 0 Å². The van der Waals surface area contributed by atoms with Crippen molar-refractivity contribution in [2.45, 2.75) is 0 Å². The zero-order valence-electron chi connectivity index (χ0n) is 8.85. The molecule has 0 aromatic carbocycles. The van der Waals surface area contributed by atoms with Gasteiger partial charge in [0.25, 0.3) is 0 Å². The monoisotopic (exact) mass is 777 g/mol. The Hall–Kier alpha value is 1.86. The quantitative estimate of drug-likeness (QED) is 0.0981. The molecule has 127 valence electrons. The Labute approximate surface area is 159 Å². The third kappa shape index (κ3) is 1830. The molecular formula is H16CuO14S2Tl2+2. The molecule has 0 saturated heterocycles. The van der Waals surface area contributed by atoms with E-state index in [1.54, 1.807) is 0 Å². The van der Waals surface area contributed by atoms with Crippen molar-refractivity contribution in [1.29, 1.82) is 0 Å². The molecule has 16 N–H and O–H groups in total. The second-order valence-corrected chi connectivity index (χ2v) is 2.45. The minimum Gasteiger partial charge on any atom is -0.759 e. The molecule has 0 amide bonds. The fraction of sp³-hybridized carbons (Fsp3) is 0. The smallest absolute Gasteiger partial charge is 0.759 e. The normalized spacial score (nSPS) is 6.11. The fourth-order valence-corrected chi connectivity index (χ4v) is 0. The summed E-state index contributed by atoms with van der Waals surface area (Å²) in [6.45, 7) is 0. The third-order valence-corrected chi connectivity index (χ3v) is 0. The molecule has 0 unspecified atom stereocenters. The molecule has 0 bridgehead atoms. The van der Waals surface area contributed by atoms with Crippen LogP contribution in [-0.2, 0) is 59.8 Å². The Bertz CT molecular complexity index is 220. The van der Waals surface area contributed by atoms with Gasteiger partial charge < -0.3 is 51.1 Å². The topological polar surface area (TPSA) is 356 Å². The molecule has 0 aliphatic heterocycles. The van der Waals surface area contributed by atoms with E-state index in [1.807, 2.05) is 0 Å². The maximum Gasteiger partial charge on any atom is 1.00 e. The van der Waals surface area contributed by atoms with E-state index in [-0.39, 0.29) is 105 Å². The predicted octanol–water partition coefficient (Wildman–Crippen LogP) is -8.78. The standard InChI is InChI=1S/Cu.2H2O4S.6H2O.2Tl/c;2*1-5(2,3)4;;;;;;;;/h;2*(H2,1,2,3,4);6*1H2;;/q+1;;;;;;;;;;+1. The molecule has 19 heavy (non-hydrogen) atoms. The van der Waals surface area contributed by atoms with Gasteiger partial charge in [0, 0.05) is 48.1 Å². The molecule has 0 aliphatic carbocycles. The van der Waals surface area contributed by atoms with Gasteiger partial charge in [-0.2, -0.15) is 0 Å². The summed E-state index contributed by atoms with van der Waals surface area (Å²) in [6.07, 6.45) is 0. The molecular weight excluding hydrogens is 760 g/mol. The van der Waals surface area contributed by atoms with Crippen molar-refractivity contribution < 1.29 is 85.0 Å². The predicted molar refractivity (Wildman–Crippen MR) is 59.2 cm³/mol. The Balaban J connectivity index is -0.00000000508. The molecule has 0 aromatic heterocycles. The average Bonchev–Trinajstić information content (AvgIpc) is 1.12. The molecule has 19 heteroatoms. The van der Waals surface area contributed by atoms with Gasteiger partial charge in [-0.3, -0.25) is 16.8 Å². The summed E-state index contributed by atoms with van der Waals surface area (Å²) in [7, 11) is -10.3. The van der Waals surface area contributed by atoms with E-state index in [4.69, 9.17) is 35.0 Å². The minimum absolute atomic E-state index is 0. The molecule has 0 aromatic rings. The molecule has 0 atom stereocenters. The van der Waals surface area contributed by atoms with Crippen LogP contribution in [0.5, 0.6) is 0 Å². The van der Waals surface area contributed by atoms with Crippen LogP contribution in [0.3, 0.4) is 0 Å². The van der Waals surface area contributed by atoms with E-state index in [0.717, 1.165) is 0 Å². The van der Waals surface area contributed by atoms with Crippen molar-refractivity contribution in [3.8, 4) is 0 Å². The third-order valence-electron chi connectivity index (χ3n) is 0. The van der Waals surface area contributed by atoms with Crippen LogP contribution in [0.1, 0.15) is 0 Å². The van der Waals surface area contributed by atoms with E-state index in [1.165, 1.54) is 0 Å². The molecule has 0 saturated carbocycles. The summed E-state index contributed by atoms with van der Waals surface area (Å²) in [5, 5.41) is 0. The van der Waals surface area contributed by atoms with Gasteiger partial charge in [0.05, 0.1) is 0 Å². The first kappa shape index (κ1) is 84.6. The van der Waals surface area contributed by atoms with Crippen molar-refractivity contribution in [3.05, 3.63) is 0 Å². The maximum absolute atomic E-state index is 8.52. The summed E-state index contributed by atoms with van der Waals surface area (Å²) >= 11 is 0. The molecule has 0 fully saturated rings. The molecule has 1 radical (unpaired) electrons. The van der Waals surface area contributed by atoms with Crippen LogP contribution in [-0.4, -0.2) is 101 Å². The van der Waals surface area contributed by atoms with Crippen LogP contribution >= 0.6 is 0 Å². The summed E-state index contributed by atoms with van der Waals surface area (Å²) in [5.41, 5.74) is 0. The minimum atomic E-state index is -5.17. The van der Waals surface area contributed by atoms with E-state index < -0.39 is 20.8 Å². The Morgan fingerprint density at radius 3 is 0.579 bits per heavy atom. The average molecular weight is 777 g/mol. The van der Waals surface area contributed by atoms with Crippen LogP contribution in [0.15, 0.2) is 0 Å². The van der Waals surface area contributed by atoms with Gasteiger partial charge in [-0.25, -0.2) is 0 Å².